The molecule has 3 atom stereocenters. The first-order chi connectivity index (χ1) is 35.5. The highest BCUT2D eigenvalue weighted by molar-refractivity contribution is 5.96. The van der Waals surface area contributed by atoms with Gasteiger partial charge in [-0.25, -0.2) is 0 Å². The molecule has 1 saturated carbocycles. The van der Waals surface area contributed by atoms with Gasteiger partial charge >= 0.3 is 0 Å². The largest absolute Gasteiger partial charge is 0.310 e. The van der Waals surface area contributed by atoms with Crippen molar-refractivity contribution in [2.24, 2.45) is 11.8 Å². The van der Waals surface area contributed by atoms with Crippen LogP contribution in [0.15, 0.2) is 243 Å². The zero-order valence-electron chi connectivity index (χ0n) is 41.0. The number of fused-ring (bicyclic) bond motifs is 5. The minimum Gasteiger partial charge on any atom is -0.310 e. The third kappa shape index (κ3) is 6.41. The lowest BCUT2D eigenvalue weighted by Crippen LogP contribution is -2.34. The highest BCUT2D eigenvalue weighted by Crippen LogP contribution is 2.69. The first-order valence-corrected chi connectivity index (χ1v) is 26.0. The minimum absolute atomic E-state index is 0.114. The predicted molar refractivity (Wildman–Crippen MR) is 301 cm³/mol. The van der Waals surface area contributed by atoms with Gasteiger partial charge in [-0.05, 0) is 176 Å². The van der Waals surface area contributed by atoms with Crippen LogP contribution in [0.3, 0.4) is 0 Å². The first-order valence-electron chi connectivity index (χ1n) is 26.0. The number of nitrogens with zero attached hydrogens (tertiary/aromatic N) is 2. The van der Waals surface area contributed by atoms with E-state index in [1.54, 1.807) is 0 Å². The monoisotopic (exact) mass is 924 g/mol. The van der Waals surface area contributed by atoms with Crippen LogP contribution in [0.25, 0.3) is 44.5 Å². The fourth-order valence-corrected chi connectivity index (χ4v) is 14.2. The maximum absolute atomic E-state index is 2.61. The van der Waals surface area contributed by atoms with Crippen molar-refractivity contribution in [2.75, 3.05) is 9.80 Å². The van der Waals surface area contributed by atoms with E-state index in [1.807, 2.05) is 0 Å². The molecular weight excluding hydrogens is 869 g/mol. The summed E-state index contributed by atoms with van der Waals surface area (Å²) in [5.41, 5.74) is 26.0. The maximum atomic E-state index is 2.61. The number of benzene rings is 10. The Morgan fingerprint density at radius 3 is 1.33 bits per heavy atom. The van der Waals surface area contributed by atoms with E-state index in [1.165, 1.54) is 119 Å². The molecule has 10 aromatic carbocycles. The van der Waals surface area contributed by atoms with Gasteiger partial charge in [0.25, 0.3) is 0 Å². The van der Waals surface area contributed by atoms with Gasteiger partial charge in [0.05, 0.1) is 11.4 Å². The molecule has 0 saturated heterocycles. The van der Waals surface area contributed by atoms with Crippen LogP contribution in [0, 0.1) is 11.8 Å². The normalized spacial score (nSPS) is 18.4. The van der Waals surface area contributed by atoms with E-state index in [9.17, 15) is 0 Å². The molecule has 2 nitrogen and oxygen atoms in total. The molecule has 0 bridgehead atoms. The molecule has 1 spiro atoms. The molecular formula is C70H56N2. The topological polar surface area (TPSA) is 6.48 Å². The lowest BCUT2D eigenvalue weighted by atomic mass is 9.68. The van der Waals surface area contributed by atoms with Crippen LogP contribution in [0.4, 0.5) is 34.1 Å². The second kappa shape index (κ2) is 16.7. The van der Waals surface area contributed by atoms with Gasteiger partial charge in [0.2, 0.25) is 0 Å². The Kier molecular flexibility index (Phi) is 9.90. The lowest BCUT2D eigenvalue weighted by molar-refractivity contribution is 0.350. The zero-order chi connectivity index (χ0) is 48.0. The lowest BCUT2D eigenvalue weighted by Gasteiger charge is -2.40. The third-order valence-corrected chi connectivity index (χ3v) is 17.2. The number of anilines is 6. The molecule has 72 heavy (non-hydrogen) atoms. The van der Waals surface area contributed by atoms with Crippen LogP contribution in [0.1, 0.15) is 60.1 Å². The van der Waals surface area contributed by atoms with E-state index in [0.29, 0.717) is 11.8 Å². The quantitative estimate of drug-likeness (QED) is 0.142. The zero-order valence-corrected chi connectivity index (χ0v) is 41.0. The van der Waals surface area contributed by atoms with Crippen molar-refractivity contribution >= 4 is 34.1 Å². The maximum Gasteiger partial charge on any atom is 0.0505 e. The standard InChI is InChI=1S/C70H56N2/c1-69(2)62-33-16-15-30-60(62)61-43-42-57(46-63(61)69)72(55-28-13-6-14-29-55)65-35-18-25-51-45-53-39-38-52-44-50-24-17-34-64(67(50)70(52,53)68(51)65)71(54-26-11-5-12-27-54)56-40-36-49(37-41-56)66-58(47-20-7-3-8-21-47)31-19-32-59(66)48-22-9-4-10-23-48/h3-37,40-43,46,52-53H,38-39,44-45H2,1-2H3. The van der Waals surface area contributed by atoms with Crippen molar-refractivity contribution in [2.45, 2.75) is 50.4 Å². The smallest absolute Gasteiger partial charge is 0.0505 e. The molecule has 0 aromatic heterocycles. The van der Waals surface area contributed by atoms with Crippen molar-refractivity contribution in [3.05, 3.63) is 276 Å². The summed E-state index contributed by atoms with van der Waals surface area (Å²) in [5, 5.41) is 0. The molecule has 0 radical (unpaired) electrons. The molecule has 0 N–H and O–H groups in total. The van der Waals surface area contributed by atoms with Gasteiger partial charge in [-0.1, -0.05) is 196 Å². The average molecular weight is 925 g/mol. The Bertz CT molecular complexity index is 3610. The summed E-state index contributed by atoms with van der Waals surface area (Å²) in [7, 11) is 0. The summed E-state index contributed by atoms with van der Waals surface area (Å²) in [6.45, 7) is 4.80. The number of rotatable bonds is 9. The molecule has 4 aliphatic rings. The van der Waals surface area contributed by atoms with E-state index in [-0.39, 0.29) is 10.8 Å². The third-order valence-electron chi connectivity index (χ3n) is 17.2. The Hall–Kier alpha value is -8.20. The van der Waals surface area contributed by atoms with Gasteiger partial charge in [0.15, 0.2) is 0 Å². The number of hydrogen-bond acceptors (Lipinski definition) is 2. The second-order valence-corrected chi connectivity index (χ2v) is 21.1. The van der Waals surface area contributed by atoms with E-state index in [4.69, 9.17) is 0 Å². The minimum atomic E-state index is -0.163. The molecule has 0 amide bonds. The Balaban J connectivity index is 0.949. The summed E-state index contributed by atoms with van der Waals surface area (Å²) in [5.74, 6) is 0.996. The molecule has 14 rings (SSSR count). The Morgan fingerprint density at radius 1 is 0.347 bits per heavy atom. The molecule has 2 heteroatoms. The van der Waals surface area contributed by atoms with Crippen LogP contribution < -0.4 is 9.80 Å². The van der Waals surface area contributed by atoms with Gasteiger partial charge in [-0.15, -0.1) is 0 Å². The SMILES string of the molecule is CC1(C)c2ccccc2-c2ccc(N(c3ccccc3)c3cccc4c3C35c6c(cccc6N(c6ccccc6)c6ccc(-c7c(-c8ccccc8)cccc7-c7ccccc7)cc6)CC3CCC5C4)cc21. The Labute approximate surface area is 424 Å². The van der Waals surface area contributed by atoms with Crippen molar-refractivity contribution in [3.8, 4) is 44.5 Å². The number of para-hydroxylation sites is 2. The van der Waals surface area contributed by atoms with Gasteiger partial charge in [-0.2, -0.15) is 0 Å². The second-order valence-electron chi connectivity index (χ2n) is 21.1. The molecule has 0 aliphatic heterocycles. The average Bonchev–Trinajstić information content (AvgIpc) is 4.14. The summed E-state index contributed by atoms with van der Waals surface area (Å²) in [4.78, 5) is 5.18. The van der Waals surface area contributed by atoms with Gasteiger partial charge in [0.1, 0.15) is 0 Å². The van der Waals surface area contributed by atoms with Crippen LogP contribution in [0.2, 0.25) is 0 Å². The van der Waals surface area contributed by atoms with E-state index < -0.39 is 0 Å². The van der Waals surface area contributed by atoms with Crippen molar-refractivity contribution in [1.29, 1.82) is 0 Å². The molecule has 3 unspecified atom stereocenters. The van der Waals surface area contributed by atoms with Crippen molar-refractivity contribution in [3.63, 3.8) is 0 Å². The molecule has 0 heterocycles. The van der Waals surface area contributed by atoms with E-state index in [0.717, 1.165) is 18.5 Å². The molecule has 1 fully saturated rings. The highest BCUT2D eigenvalue weighted by Gasteiger charge is 2.62. The summed E-state index contributed by atoms with van der Waals surface area (Å²) in [6.07, 6.45) is 4.64. The van der Waals surface area contributed by atoms with Crippen molar-refractivity contribution < 1.29 is 0 Å². The van der Waals surface area contributed by atoms with Gasteiger partial charge < -0.3 is 9.80 Å². The highest BCUT2D eigenvalue weighted by atomic mass is 15.2. The molecule has 346 valence electrons. The fraction of sp³-hybridized carbons (Fsp3) is 0.143. The summed E-state index contributed by atoms with van der Waals surface area (Å²) < 4.78 is 0. The van der Waals surface area contributed by atoms with Crippen molar-refractivity contribution in [1.82, 2.24) is 0 Å². The van der Waals surface area contributed by atoms with Gasteiger partial charge in [-0.3, -0.25) is 0 Å². The van der Waals surface area contributed by atoms with Crippen LogP contribution >= 0.6 is 0 Å². The summed E-state index contributed by atoms with van der Waals surface area (Å²) >= 11 is 0. The van der Waals surface area contributed by atoms with E-state index in [2.05, 4.69) is 266 Å². The first kappa shape index (κ1) is 42.7. The van der Waals surface area contributed by atoms with Crippen LogP contribution in [0.5, 0.6) is 0 Å². The van der Waals surface area contributed by atoms with Gasteiger partial charge in [0, 0.05) is 33.6 Å². The number of hydrogen-bond donors (Lipinski definition) is 0. The molecule has 10 aromatic rings. The van der Waals surface area contributed by atoms with Crippen LogP contribution in [-0.2, 0) is 23.7 Å². The Morgan fingerprint density at radius 2 is 0.778 bits per heavy atom. The summed E-state index contributed by atoms with van der Waals surface area (Å²) in [6, 6.07) is 90.9. The predicted octanol–water partition coefficient (Wildman–Crippen LogP) is 18.4. The fourth-order valence-electron chi connectivity index (χ4n) is 14.2. The van der Waals surface area contributed by atoms with E-state index >= 15 is 0 Å². The molecule has 4 aliphatic carbocycles. The van der Waals surface area contributed by atoms with Crippen LogP contribution in [-0.4, -0.2) is 0 Å².